The van der Waals surface area contributed by atoms with Crippen molar-refractivity contribution in [3.05, 3.63) is 36.2 Å². The number of anilines is 1. The van der Waals surface area contributed by atoms with Gasteiger partial charge in [-0.15, -0.1) is 0 Å². The Balaban J connectivity index is 1.56. The van der Waals surface area contributed by atoms with Gasteiger partial charge in [-0.05, 0) is 30.5 Å². The minimum Gasteiger partial charge on any atom is -0.490 e. The fourth-order valence-corrected chi connectivity index (χ4v) is 3.05. The van der Waals surface area contributed by atoms with Crippen LogP contribution in [0.2, 0.25) is 0 Å². The SMILES string of the molecule is COCCOCCCN=C(NCCc1cnn(C)c1)Nc1ccc2c(c1)OCCCO2. The lowest BCUT2D eigenvalue weighted by atomic mass is 10.2. The molecule has 0 radical (unpaired) electrons. The zero-order valence-corrected chi connectivity index (χ0v) is 18.4. The maximum atomic E-state index is 5.80. The van der Waals surface area contributed by atoms with Crippen molar-refractivity contribution < 1.29 is 18.9 Å². The van der Waals surface area contributed by atoms with Crippen molar-refractivity contribution in [3.63, 3.8) is 0 Å². The van der Waals surface area contributed by atoms with Crippen LogP contribution in [0, 0.1) is 0 Å². The zero-order chi connectivity index (χ0) is 21.7. The van der Waals surface area contributed by atoms with E-state index in [0.29, 0.717) is 39.6 Å². The molecule has 0 saturated heterocycles. The molecule has 0 amide bonds. The van der Waals surface area contributed by atoms with Gasteiger partial charge in [0.2, 0.25) is 0 Å². The van der Waals surface area contributed by atoms with Crippen molar-refractivity contribution in [1.29, 1.82) is 0 Å². The predicted octanol–water partition coefficient (Wildman–Crippen LogP) is 2.23. The molecule has 1 aromatic carbocycles. The van der Waals surface area contributed by atoms with Gasteiger partial charge >= 0.3 is 0 Å². The Labute approximate surface area is 183 Å². The zero-order valence-electron chi connectivity index (χ0n) is 18.4. The Morgan fingerprint density at radius 3 is 2.87 bits per heavy atom. The van der Waals surface area contributed by atoms with Crippen LogP contribution in [0.25, 0.3) is 0 Å². The highest BCUT2D eigenvalue weighted by Gasteiger charge is 2.11. The molecule has 170 valence electrons. The molecular formula is C22H33N5O4. The summed E-state index contributed by atoms with van der Waals surface area (Å²) in [4.78, 5) is 4.69. The number of methoxy groups -OCH3 is 1. The normalized spacial score (nSPS) is 13.7. The Bertz CT molecular complexity index is 824. The predicted molar refractivity (Wildman–Crippen MR) is 120 cm³/mol. The van der Waals surface area contributed by atoms with E-state index >= 15 is 0 Å². The average molecular weight is 432 g/mol. The summed E-state index contributed by atoms with van der Waals surface area (Å²) in [7, 11) is 3.59. The van der Waals surface area contributed by atoms with Gasteiger partial charge in [-0.25, -0.2) is 0 Å². The fourth-order valence-electron chi connectivity index (χ4n) is 3.05. The van der Waals surface area contributed by atoms with Gasteiger partial charge in [-0.3, -0.25) is 9.67 Å². The molecule has 2 aromatic rings. The van der Waals surface area contributed by atoms with Crippen LogP contribution in [0.5, 0.6) is 11.5 Å². The molecule has 2 N–H and O–H groups in total. The van der Waals surface area contributed by atoms with E-state index in [4.69, 9.17) is 23.9 Å². The summed E-state index contributed by atoms with van der Waals surface area (Å²) in [5, 5.41) is 11.0. The third-order valence-corrected chi connectivity index (χ3v) is 4.62. The van der Waals surface area contributed by atoms with Crippen molar-refractivity contribution in [2.75, 3.05) is 58.6 Å². The van der Waals surface area contributed by atoms with Gasteiger partial charge in [-0.2, -0.15) is 5.10 Å². The Morgan fingerprint density at radius 1 is 1.19 bits per heavy atom. The average Bonchev–Trinajstić information content (AvgIpc) is 3.04. The Hall–Kier alpha value is -2.78. The number of benzene rings is 1. The summed E-state index contributed by atoms with van der Waals surface area (Å²) in [5.41, 5.74) is 2.07. The first-order chi connectivity index (χ1) is 15.2. The molecule has 1 aliphatic heterocycles. The standard InChI is InChI=1S/C22H33N5O4/c1-27-17-18(16-25-27)7-9-24-22(23-8-3-10-29-14-13-28-2)26-19-5-6-20-21(15-19)31-12-4-11-30-20/h5-6,15-17H,3-4,7-14H2,1-2H3,(H2,23,24,26). The highest BCUT2D eigenvalue weighted by Crippen LogP contribution is 2.32. The van der Waals surface area contributed by atoms with E-state index in [0.717, 1.165) is 49.0 Å². The van der Waals surface area contributed by atoms with Gasteiger partial charge in [-0.1, -0.05) is 0 Å². The molecule has 0 saturated carbocycles. The molecule has 0 aliphatic carbocycles. The number of guanidine groups is 1. The second-order valence-corrected chi connectivity index (χ2v) is 7.23. The minimum absolute atomic E-state index is 0.603. The van der Waals surface area contributed by atoms with Gasteiger partial charge in [0.25, 0.3) is 0 Å². The number of aliphatic imine (C=N–C) groups is 1. The third-order valence-electron chi connectivity index (χ3n) is 4.62. The maximum Gasteiger partial charge on any atom is 0.195 e. The smallest absolute Gasteiger partial charge is 0.195 e. The number of ether oxygens (including phenoxy) is 4. The summed E-state index contributed by atoms with van der Waals surface area (Å²) in [6.07, 6.45) is 6.47. The van der Waals surface area contributed by atoms with Gasteiger partial charge in [0.05, 0.1) is 32.6 Å². The Kier molecular flexibility index (Phi) is 9.46. The van der Waals surface area contributed by atoms with E-state index in [1.54, 1.807) is 7.11 Å². The van der Waals surface area contributed by atoms with E-state index in [2.05, 4.69) is 15.7 Å². The highest BCUT2D eigenvalue weighted by molar-refractivity contribution is 5.94. The van der Waals surface area contributed by atoms with E-state index in [1.165, 1.54) is 5.56 Å². The number of aryl methyl sites for hydroxylation is 1. The number of nitrogens with zero attached hydrogens (tertiary/aromatic N) is 3. The van der Waals surface area contributed by atoms with Gasteiger partial charge in [0.1, 0.15) is 0 Å². The highest BCUT2D eigenvalue weighted by atomic mass is 16.5. The summed E-state index contributed by atoms with van der Waals surface area (Å²) >= 11 is 0. The van der Waals surface area contributed by atoms with Crippen molar-refractivity contribution in [2.24, 2.45) is 12.0 Å². The van der Waals surface area contributed by atoms with Gasteiger partial charge in [0.15, 0.2) is 17.5 Å². The molecular weight excluding hydrogens is 398 g/mol. The lowest BCUT2D eigenvalue weighted by Crippen LogP contribution is -2.32. The van der Waals surface area contributed by atoms with Crippen molar-refractivity contribution in [1.82, 2.24) is 15.1 Å². The van der Waals surface area contributed by atoms with Crippen LogP contribution >= 0.6 is 0 Å². The van der Waals surface area contributed by atoms with Gasteiger partial charge in [0, 0.05) is 58.2 Å². The number of hydrogen-bond acceptors (Lipinski definition) is 6. The Morgan fingerprint density at radius 2 is 2.06 bits per heavy atom. The summed E-state index contributed by atoms with van der Waals surface area (Å²) in [5.74, 6) is 2.25. The van der Waals surface area contributed by atoms with Crippen LogP contribution in [-0.4, -0.2) is 69.0 Å². The first kappa shape index (κ1) is 22.9. The third kappa shape index (κ3) is 8.10. The number of fused-ring (bicyclic) bond motifs is 1. The molecule has 0 spiro atoms. The maximum absolute atomic E-state index is 5.80. The fraction of sp³-hybridized carbons (Fsp3) is 0.545. The summed E-state index contributed by atoms with van der Waals surface area (Å²) < 4.78 is 23.8. The minimum atomic E-state index is 0.603. The van der Waals surface area contributed by atoms with Crippen LogP contribution in [0.4, 0.5) is 5.69 Å². The number of nitrogens with one attached hydrogen (secondary N) is 2. The summed E-state index contributed by atoms with van der Waals surface area (Å²) in [6.45, 7) is 4.59. The molecule has 2 heterocycles. The van der Waals surface area contributed by atoms with Crippen LogP contribution in [-0.2, 0) is 22.9 Å². The second kappa shape index (κ2) is 12.8. The topological polar surface area (TPSA) is 91.2 Å². The number of aromatic nitrogens is 2. The van der Waals surface area contributed by atoms with Crippen LogP contribution < -0.4 is 20.1 Å². The molecule has 1 aliphatic rings. The first-order valence-electron chi connectivity index (χ1n) is 10.7. The van der Waals surface area contributed by atoms with E-state index in [9.17, 15) is 0 Å². The lowest BCUT2D eigenvalue weighted by molar-refractivity contribution is 0.0702. The van der Waals surface area contributed by atoms with Crippen LogP contribution in [0.15, 0.2) is 35.6 Å². The van der Waals surface area contributed by atoms with Crippen LogP contribution in [0.1, 0.15) is 18.4 Å². The van der Waals surface area contributed by atoms with E-state index in [-0.39, 0.29) is 0 Å². The second-order valence-electron chi connectivity index (χ2n) is 7.23. The molecule has 0 bridgehead atoms. The van der Waals surface area contributed by atoms with E-state index in [1.807, 2.05) is 42.3 Å². The first-order valence-corrected chi connectivity index (χ1v) is 10.7. The van der Waals surface area contributed by atoms with Crippen molar-refractivity contribution >= 4 is 11.6 Å². The molecule has 9 nitrogen and oxygen atoms in total. The lowest BCUT2D eigenvalue weighted by Gasteiger charge is -2.14. The quantitative estimate of drug-likeness (QED) is 0.320. The number of rotatable bonds is 11. The molecule has 0 unspecified atom stereocenters. The van der Waals surface area contributed by atoms with Crippen LogP contribution in [0.3, 0.4) is 0 Å². The molecule has 3 rings (SSSR count). The molecule has 0 fully saturated rings. The van der Waals surface area contributed by atoms with Crippen molar-refractivity contribution in [3.8, 4) is 11.5 Å². The van der Waals surface area contributed by atoms with Gasteiger partial charge < -0.3 is 29.6 Å². The molecule has 9 heteroatoms. The molecule has 31 heavy (non-hydrogen) atoms. The number of hydrogen-bond donors (Lipinski definition) is 2. The van der Waals surface area contributed by atoms with Crippen molar-refractivity contribution in [2.45, 2.75) is 19.3 Å². The van der Waals surface area contributed by atoms with E-state index < -0.39 is 0 Å². The molecule has 1 aromatic heterocycles. The molecule has 0 atom stereocenters. The summed E-state index contributed by atoms with van der Waals surface area (Å²) in [6, 6.07) is 5.85. The largest absolute Gasteiger partial charge is 0.490 e. The monoisotopic (exact) mass is 431 g/mol.